The van der Waals surface area contributed by atoms with Crippen LogP contribution in [0.15, 0.2) is 41.2 Å². The Bertz CT molecular complexity index is 1100. The van der Waals surface area contributed by atoms with E-state index in [2.05, 4.69) is 48.4 Å². The molecule has 0 spiro atoms. The molecule has 0 radical (unpaired) electrons. The molecule has 0 aromatic carbocycles. The molecule has 8 nitrogen and oxygen atoms in total. The van der Waals surface area contributed by atoms with Gasteiger partial charge in [-0.2, -0.15) is 0 Å². The minimum absolute atomic E-state index is 0.0637. The quantitative estimate of drug-likeness (QED) is 0.537. The first-order valence-corrected chi connectivity index (χ1v) is 9.87. The molecule has 3 aromatic heterocycles. The van der Waals surface area contributed by atoms with Crippen LogP contribution in [-0.2, 0) is 11.8 Å². The van der Waals surface area contributed by atoms with E-state index in [4.69, 9.17) is 10.5 Å². The van der Waals surface area contributed by atoms with Crippen molar-refractivity contribution in [2.24, 2.45) is 24.6 Å². The Kier molecular flexibility index (Phi) is 3.94. The summed E-state index contributed by atoms with van der Waals surface area (Å²) in [4.78, 5) is 23.8. The summed E-state index contributed by atoms with van der Waals surface area (Å²) in [6.07, 6.45) is 7.89. The van der Waals surface area contributed by atoms with E-state index >= 15 is 0 Å². The van der Waals surface area contributed by atoms with E-state index in [9.17, 15) is 4.79 Å². The molecule has 3 aromatic rings. The molecule has 1 amide bonds. The fourth-order valence-electron chi connectivity index (χ4n) is 4.33. The second-order valence-electron chi connectivity index (χ2n) is 7.29. The van der Waals surface area contributed by atoms with Gasteiger partial charge in [0, 0.05) is 31.3 Å². The van der Waals surface area contributed by atoms with Gasteiger partial charge in [-0.05, 0) is 34.5 Å². The van der Waals surface area contributed by atoms with Crippen LogP contribution in [0.4, 0.5) is 10.5 Å². The number of nitrogens with zero attached hydrogens (tertiary/aromatic N) is 3. The summed E-state index contributed by atoms with van der Waals surface area (Å²) in [5.74, 6) is 1.21. The number of aromatic nitrogens is 4. The third-order valence-corrected chi connectivity index (χ3v) is 6.21. The summed E-state index contributed by atoms with van der Waals surface area (Å²) in [5.41, 5.74) is 8.54. The number of carbonyl (C=O) groups excluding carboxylic acids is 1. The summed E-state index contributed by atoms with van der Waals surface area (Å²) in [6, 6.07) is 3.90. The van der Waals surface area contributed by atoms with Crippen molar-refractivity contribution in [3.8, 4) is 11.5 Å². The number of aromatic amines is 1. The van der Waals surface area contributed by atoms with Gasteiger partial charge in [-0.25, -0.2) is 14.8 Å². The Labute approximate surface area is 169 Å². The second-order valence-corrected chi connectivity index (χ2v) is 8.14. The molecule has 28 heavy (non-hydrogen) atoms. The smallest absolute Gasteiger partial charge is 0.404 e. The van der Waals surface area contributed by atoms with Crippen LogP contribution in [0.5, 0.6) is 0 Å². The van der Waals surface area contributed by atoms with Gasteiger partial charge in [0.1, 0.15) is 11.6 Å². The molecular weight excluding hydrogens is 424 g/mol. The van der Waals surface area contributed by atoms with Crippen molar-refractivity contribution in [1.82, 2.24) is 19.5 Å². The summed E-state index contributed by atoms with van der Waals surface area (Å²) >= 11 is 3.59. The average molecular weight is 443 g/mol. The highest BCUT2D eigenvalue weighted by Crippen LogP contribution is 2.44. The van der Waals surface area contributed by atoms with Gasteiger partial charge in [-0.15, -0.1) is 0 Å². The number of anilines is 1. The SMILES string of the molecule is Cn1cccc1-c1nc2ncc(Br)c(N[C@H]3[C@@H](OC(N)=O)[C@@H]4C=C[C@H]3C4)c2[nH]1. The Morgan fingerprint density at radius 1 is 1.43 bits per heavy atom. The monoisotopic (exact) mass is 442 g/mol. The largest absolute Gasteiger partial charge is 0.444 e. The van der Waals surface area contributed by atoms with E-state index < -0.39 is 6.09 Å². The summed E-state index contributed by atoms with van der Waals surface area (Å²) < 4.78 is 8.24. The van der Waals surface area contributed by atoms with Crippen molar-refractivity contribution in [2.75, 3.05) is 5.32 Å². The first-order chi connectivity index (χ1) is 13.5. The number of nitrogens with two attached hydrogens (primary N) is 1. The lowest BCUT2D eigenvalue weighted by Crippen LogP contribution is -2.41. The fourth-order valence-corrected chi connectivity index (χ4v) is 4.75. The Morgan fingerprint density at radius 3 is 3.00 bits per heavy atom. The van der Waals surface area contributed by atoms with Crippen molar-refractivity contribution in [2.45, 2.75) is 18.6 Å². The normalized spacial score (nSPS) is 25.5. The molecule has 3 heterocycles. The lowest BCUT2D eigenvalue weighted by molar-refractivity contribution is 0.0854. The number of imidazole rings is 1. The summed E-state index contributed by atoms with van der Waals surface area (Å²) in [5, 5.41) is 3.56. The van der Waals surface area contributed by atoms with Gasteiger partial charge in [-0.1, -0.05) is 12.2 Å². The van der Waals surface area contributed by atoms with Crippen LogP contribution < -0.4 is 11.1 Å². The van der Waals surface area contributed by atoms with Gasteiger partial charge in [0.2, 0.25) is 0 Å². The average Bonchev–Trinajstić information content (AvgIpc) is 3.41. The standard InChI is InChI=1S/C19H19BrN6O2/c1-26-6-2-3-12(26)17-24-15-14(11(20)8-22-18(15)25-17)23-13-9-4-5-10(7-9)16(13)28-19(21)27/h2-6,8-10,13,16H,7H2,1H3,(H2,21,27)(H2,22,23,24,25)/t9-,10+,13+,16-/m0/s1. The van der Waals surface area contributed by atoms with Crippen LogP contribution in [0.3, 0.4) is 0 Å². The molecule has 2 bridgehead atoms. The number of amides is 1. The Hall–Kier alpha value is -2.81. The Morgan fingerprint density at radius 2 is 2.25 bits per heavy atom. The van der Waals surface area contributed by atoms with Crippen LogP contribution in [0.2, 0.25) is 0 Å². The topological polar surface area (TPSA) is 111 Å². The molecule has 144 valence electrons. The number of pyridine rings is 1. The Balaban J connectivity index is 1.54. The van der Waals surface area contributed by atoms with Crippen LogP contribution >= 0.6 is 15.9 Å². The van der Waals surface area contributed by atoms with Crippen molar-refractivity contribution in [3.63, 3.8) is 0 Å². The molecule has 9 heteroatoms. The number of H-pyrrole nitrogens is 1. The number of nitrogens with one attached hydrogen (secondary N) is 2. The second kappa shape index (κ2) is 6.37. The highest BCUT2D eigenvalue weighted by atomic mass is 79.9. The van der Waals surface area contributed by atoms with Crippen molar-refractivity contribution < 1.29 is 9.53 Å². The molecule has 5 rings (SSSR count). The first-order valence-electron chi connectivity index (χ1n) is 9.08. The number of hydrogen-bond acceptors (Lipinski definition) is 5. The van der Waals surface area contributed by atoms with Gasteiger partial charge in [-0.3, -0.25) is 0 Å². The van der Waals surface area contributed by atoms with Gasteiger partial charge in [0.05, 0.1) is 21.9 Å². The van der Waals surface area contributed by atoms with Gasteiger partial charge < -0.3 is 25.3 Å². The number of ether oxygens (including phenoxy) is 1. The third kappa shape index (κ3) is 2.69. The maximum absolute atomic E-state index is 11.4. The van der Waals surface area contributed by atoms with Crippen LogP contribution in [0.1, 0.15) is 6.42 Å². The van der Waals surface area contributed by atoms with Crippen LogP contribution in [0, 0.1) is 11.8 Å². The fraction of sp³-hybridized carbons (Fsp3) is 0.316. The van der Waals surface area contributed by atoms with Crippen molar-refractivity contribution >= 4 is 38.9 Å². The summed E-state index contributed by atoms with van der Waals surface area (Å²) in [7, 11) is 1.97. The van der Waals surface area contributed by atoms with Crippen LogP contribution in [0.25, 0.3) is 22.7 Å². The van der Waals surface area contributed by atoms with Gasteiger partial charge in [0.25, 0.3) is 0 Å². The zero-order valence-electron chi connectivity index (χ0n) is 15.1. The predicted octanol–water partition coefficient (Wildman–Crippen LogP) is 3.18. The van der Waals surface area contributed by atoms with E-state index in [1.807, 2.05) is 29.9 Å². The zero-order chi connectivity index (χ0) is 19.4. The zero-order valence-corrected chi connectivity index (χ0v) is 16.7. The van der Waals surface area contributed by atoms with Gasteiger partial charge >= 0.3 is 6.09 Å². The highest BCUT2D eigenvalue weighted by molar-refractivity contribution is 9.10. The number of primary amides is 1. The number of halogens is 1. The number of rotatable bonds is 4. The predicted molar refractivity (Wildman–Crippen MR) is 109 cm³/mol. The maximum Gasteiger partial charge on any atom is 0.404 e. The van der Waals surface area contributed by atoms with Gasteiger partial charge in [0.15, 0.2) is 11.5 Å². The molecule has 2 aliphatic rings. The van der Waals surface area contributed by atoms with E-state index in [1.165, 1.54) is 0 Å². The molecule has 0 aliphatic heterocycles. The summed E-state index contributed by atoms with van der Waals surface area (Å²) in [6.45, 7) is 0. The third-order valence-electron chi connectivity index (χ3n) is 5.61. The number of aryl methyl sites for hydroxylation is 1. The van der Waals surface area contributed by atoms with Crippen molar-refractivity contribution in [1.29, 1.82) is 0 Å². The molecule has 1 saturated carbocycles. The molecule has 0 saturated heterocycles. The molecular formula is C19H19BrN6O2. The molecule has 0 unspecified atom stereocenters. The minimum atomic E-state index is -0.746. The van der Waals surface area contributed by atoms with E-state index in [0.717, 1.165) is 33.6 Å². The van der Waals surface area contributed by atoms with E-state index in [-0.39, 0.29) is 24.0 Å². The number of fused-ring (bicyclic) bond motifs is 3. The molecule has 1 fully saturated rings. The first kappa shape index (κ1) is 17.3. The highest BCUT2D eigenvalue weighted by Gasteiger charge is 2.47. The maximum atomic E-state index is 11.4. The molecule has 2 aliphatic carbocycles. The lowest BCUT2D eigenvalue weighted by Gasteiger charge is -2.29. The van der Waals surface area contributed by atoms with E-state index in [0.29, 0.717) is 5.65 Å². The number of carbonyl (C=O) groups is 1. The minimum Gasteiger partial charge on any atom is -0.444 e. The number of hydrogen-bond donors (Lipinski definition) is 3. The van der Waals surface area contributed by atoms with Crippen molar-refractivity contribution in [3.05, 3.63) is 41.2 Å². The van der Waals surface area contributed by atoms with Crippen LogP contribution in [-0.4, -0.2) is 37.8 Å². The molecule has 4 atom stereocenters. The van der Waals surface area contributed by atoms with E-state index in [1.54, 1.807) is 6.20 Å². The molecule has 4 N–H and O–H groups in total. The lowest BCUT2D eigenvalue weighted by atomic mass is 9.98.